The molecule has 0 bridgehead atoms. The van der Waals surface area contributed by atoms with Crippen molar-refractivity contribution in [1.82, 2.24) is 5.32 Å². The molecule has 0 saturated heterocycles. The number of methoxy groups -OCH3 is 1. The van der Waals surface area contributed by atoms with Crippen molar-refractivity contribution in [3.05, 3.63) is 29.6 Å². The van der Waals surface area contributed by atoms with Crippen LogP contribution >= 0.6 is 0 Å². The van der Waals surface area contributed by atoms with Gasteiger partial charge in [0.05, 0.1) is 13.2 Å². The van der Waals surface area contributed by atoms with Crippen LogP contribution in [0.3, 0.4) is 0 Å². The van der Waals surface area contributed by atoms with Crippen molar-refractivity contribution in [2.45, 2.75) is 37.8 Å². The Kier molecular flexibility index (Phi) is 4.37. The molecule has 1 fully saturated rings. The number of rotatable bonds is 3. The van der Waals surface area contributed by atoms with Gasteiger partial charge in [0, 0.05) is 6.04 Å². The highest BCUT2D eigenvalue weighted by atomic mass is 19.1. The van der Waals surface area contributed by atoms with Crippen molar-refractivity contribution in [2.24, 2.45) is 0 Å². The van der Waals surface area contributed by atoms with Crippen LogP contribution in [0.4, 0.5) is 4.39 Å². The van der Waals surface area contributed by atoms with E-state index in [0.29, 0.717) is 25.7 Å². The van der Waals surface area contributed by atoms with Gasteiger partial charge in [-0.15, -0.1) is 0 Å². The Morgan fingerprint density at radius 2 is 2.05 bits per heavy atom. The summed E-state index contributed by atoms with van der Waals surface area (Å²) in [5.74, 6) is -0.822. The third kappa shape index (κ3) is 3.23. The highest BCUT2D eigenvalue weighted by Crippen LogP contribution is 2.23. The lowest BCUT2D eigenvalue weighted by atomic mass is 9.93. The summed E-state index contributed by atoms with van der Waals surface area (Å²) in [5.41, 5.74) is -0.0591. The lowest BCUT2D eigenvalue weighted by Crippen LogP contribution is -2.39. The number of aliphatic hydroxyl groups excluding tert-OH is 1. The molecule has 0 radical (unpaired) electrons. The minimum absolute atomic E-state index is 0.0137. The normalized spacial score (nSPS) is 22.9. The maximum absolute atomic E-state index is 13.7. The van der Waals surface area contributed by atoms with Gasteiger partial charge in [0.25, 0.3) is 5.91 Å². The Hall–Kier alpha value is -1.62. The predicted molar refractivity (Wildman–Crippen MR) is 68.7 cm³/mol. The number of hydrogen-bond acceptors (Lipinski definition) is 3. The predicted octanol–water partition coefficient (Wildman–Crippen LogP) is 1.87. The number of carbonyl (C=O) groups is 1. The van der Waals surface area contributed by atoms with E-state index in [1.54, 1.807) is 6.07 Å². The summed E-state index contributed by atoms with van der Waals surface area (Å²) in [6.07, 6.45) is 2.47. The largest absolute Gasteiger partial charge is 0.496 e. The molecule has 1 saturated carbocycles. The molecule has 1 aromatic carbocycles. The van der Waals surface area contributed by atoms with E-state index in [2.05, 4.69) is 5.32 Å². The van der Waals surface area contributed by atoms with E-state index in [4.69, 9.17) is 4.74 Å². The van der Waals surface area contributed by atoms with E-state index < -0.39 is 11.7 Å². The standard InChI is InChI=1S/C14H18FNO3/c1-19-12-4-2-3-11(15)13(12)14(18)16-9-5-7-10(17)8-6-9/h2-4,9-10,17H,5-8H2,1H3,(H,16,18). The minimum atomic E-state index is -0.590. The van der Waals surface area contributed by atoms with Gasteiger partial charge in [-0.3, -0.25) is 4.79 Å². The maximum Gasteiger partial charge on any atom is 0.258 e. The number of ether oxygens (including phenoxy) is 1. The van der Waals surface area contributed by atoms with Crippen molar-refractivity contribution in [1.29, 1.82) is 0 Å². The van der Waals surface area contributed by atoms with Crippen LogP contribution in [0.25, 0.3) is 0 Å². The molecule has 0 unspecified atom stereocenters. The number of halogens is 1. The number of nitrogens with one attached hydrogen (secondary N) is 1. The van der Waals surface area contributed by atoms with E-state index in [1.165, 1.54) is 19.2 Å². The van der Waals surface area contributed by atoms with Crippen LogP contribution in [0.2, 0.25) is 0 Å². The summed E-state index contributed by atoms with van der Waals surface area (Å²) < 4.78 is 18.7. The average molecular weight is 267 g/mol. The molecule has 0 spiro atoms. The molecule has 0 aliphatic heterocycles. The molecule has 1 aliphatic carbocycles. The molecule has 104 valence electrons. The summed E-state index contributed by atoms with van der Waals surface area (Å²) in [7, 11) is 1.41. The first kappa shape index (κ1) is 13.8. The second kappa shape index (κ2) is 6.02. The Morgan fingerprint density at radius 3 is 2.68 bits per heavy atom. The first-order valence-corrected chi connectivity index (χ1v) is 6.43. The van der Waals surface area contributed by atoms with Gasteiger partial charge in [-0.05, 0) is 37.8 Å². The average Bonchev–Trinajstić information content (AvgIpc) is 2.40. The maximum atomic E-state index is 13.7. The molecule has 4 nitrogen and oxygen atoms in total. The quantitative estimate of drug-likeness (QED) is 0.879. The Labute approximate surface area is 111 Å². The van der Waals surface area contributed by atoms with Gasteiger partial charge < -0.3 is 15.2 Å². The molecule has 2 rings (SSSR count). The fourth-order valence-electron chi connectivity index (χ4n) is 2.37. The molecular weight excluding hydrogens is 249 g/mol. The molecular formula is C14H18FNO3. The SMILES string of the molecule is COc1cccc(F)c1C(=O)NC1CCC(O)CC1. The van der Waals surface area contributed by atoms with Gasteiger partial charge in [-0.1, -0.05) is 6.07 Å². The zero-order chi connectivity index (χ0) is 13.8. The lowest BCUT2D eigenvalue weighted by Gasteiger charge is -2.26. The molecule has 1 aliphatic rings. The second-order valence-corrected chi connectivity index (χ2v) is 4.80. The zero-order valence-electron chi connectivity index (χ0n) is 10.9. The third-order valence-corrected chi connectivity index (χ3v) is 3.45. The Bertz CT molecular complexity index is 456. The van der Waals surface area contributed by atoms with Crippen molar-refractivity contribution in [3.8, 4) is 5.75 Å². The van der Waals surface area contributed by atoms with Crippen molar-refractivity contribution in [3.63, 3.8) is 0 Å². The molecule has 0 aromatic heterocycles. The molecule has 1 amide bonds. The monoisotopic (exact) mass is 267 g/mol. The van der Waals surface area contributed by atoms with Gasteiger partial charge in [0.2, 0.25) is 0 Å². The van der Waals surface area contributed by atoms with Gasteiger partial charge in [0.15, 0.2) is 0 Å². The van der Waals surface area contributed by atoms with Gasteiger partial charge >= 0.3 is 0 Å². The second-order valence-electron chi connectivity index (χ2n) is 4.80. The zero-order valence-corrected chi connectivity index (χ0v) is 10.9. The van der Waals surface area contributed by atoms with Crippen LogP contribution in [-0.2, 0) is 0 Å². The Balaban J connectivity index is 2.08. The van der Waals surface area contributed by atoms with E-state index in [9.17, 15) is 14.3 Å². The summed E-state index contributed by atoms with van der Waals surface area (Å²) in [4.78, 5) is 12.1. The number of aliphatic hydroxyl groups is 1. The van der Waals surface area contributed by atoms with Crippen molar-refractivity contribution >= 4 is 5.91 Å². The van der Waals surface area contributed by atoms with E-state index in [0.717, 1.165) is 0 Å². The summed E-state index contributed by atoms with van der Waals surface area (Å²) in [5, 5.41) is 12.2. The highest BCUT2D eigenvalue weighted by molar-refractivity contribution is 5.97. The fourth-order valence-corrected chi connectivity index (χ4v) is 2.37. The molecule has 0 heterocycles. The van der Waals surface area contributed by atoms with Crippen LogP contribution in [-0.4, -0.2) is 30.3 Å². The topological polar surface area (TPSA) is 58.6 Å². The molecule has 0 atom stereocenters. The first-order valence-electron chi connectivity index (χ1n) is 6.43. The summed E-state index contributed by atoms with van der Waals surface area (Å²) >= 11 is 0. The van der Waals surface area contributed by atoms with Gasteiger partial charge in [0.1, 0.15) is 17.1 Å². The Morgan fingerprint density at radius 1 is 1.37 bits per heavy atom. The van der Waals surface area contributed by atoms with Crippen LogP contribution in [0.5, 0.6) is 5.75 Å². The lowest BCUT2D eigenvalue weighted by molar-refractivity contribution is 0.0861. The van der Waals surface area contributed by atoms with Crippen LogP contribution < -0.4 is 10.1 Å². The van der Waals surface area contributed by atoms with E-state index in [-0.39, 0.29) is 23.5 Å². The number of benzene rings is 1. The molecule has 19 heavy (non-hydrogen) atoms. The molecule has 2 N–H and O–H groups in total. The van der Waals surface area contributed by atoms with Crippen LogP contribution in [0.15, 0.2) is 18.2 Å². The molecule has 5 heteroatoms. The van der Waals surface area contributed by atoms with Crippen molar-refractivity contribution in [2.75, 3.05) is 7.11 Å². The smallest absolute Gasteiger partial charge is 0.258 e. The summed E-state index contributed by atoms with van der Waals surface area (Å²) in [6.45, 7) is 0. The molecule has 1 aromatic rings. The van der Waals surface area contributed by atoms with Crippen LogP contribution in [0, 0.1) is 5.82 Å². The first-order chi connectivity index (χ1) is 9.11. The van der Waals surface area contributed by atoms with Gasteiger partial charge in [-0.2, -0.15) is 0 Å². The fraction of sp³-hybridized carbons (Fsp3) is 0.500. The van der Waals surface area contributed by atoms with E-state index >= 15 is 0 Å². The minimum Gasteiger partial charge on any atom is -0.496 e. The van der Waals surface area contributed by atoms with Crippen LogP contribution in [0.1, 0.15) is 36.0 Å². The highest BCUT2D eigenvalue weighted by Gasteiger charge is 2.24. The van der Waals surface area contributed by atoms with E-state index in [1.807, 2.05) is 0 Å². The third-order valence-electron chi connectivity index (χ3n) is 3.45. The van der Waals surface area contributed by atoms with Gasteiger partial charge in [-0.25, -0.2) is 4.39 Å². The summed E-state index contributed by atoms with van der Waals surface area (Å²) in [6, 6.07) is 4.28. The number of hydrogen-bond donors (Lipinski definition) is 2. The van der Waals surface area contributed by atoms with Crippen molar-refractivity contribution < 1.29 is 19.0 Å². The number of carbonyl (C=O) groups excluding carboxylic acids is 1. The number of amides is 1.